The van der Waals surface area contributed by atoms with Crippen molar-refractivity contribution < 1.29 is 14.3 Å². The molecule has 0 aromatic heterocycles. The first kappa shape index (κ1) is 13.1. The van der Waals surface area contributed by atoms with Crippen LogP contribution in [0.2, 0.25) is 0 Å². The lowest BCUT2D eigenvalue weighted by Crippen LogP contribution is -2.32. The molecule has 1 atom stereocenters. The van der Waals surface area contributed by atoms with E-state index in [1.807, 2.05) is 4.90 Å². The smallest absolute Gasteiger partial charge is 0.253 e. The number of rotatable bonds is 2. The number of hydrogen-bond acceptors (Lipinski definition) is 3. The van der Waals surface area contributed by atoms with Gasteiger partial charge in [0.25, 0.3) is 5.91 Å². The molecule has 20 heavy (non-hydrogen) atoms. The minimum Gasteiger partial charge on any atom is -0.381 e. The maximum atomic E-state index is 12.5. The topological polar surface area (TPSA) is 72.6 Å². The lowest BCUT2D eigenvalue weighted by molar-refractivity contribution is 0.0765. The van der Waals surface area contributed by atoms with Crippen LogP contribution in [0.4, 0.5) is 0 Å². The van der Waals surface area contributed by atoms with Crippen molar-refractivity contribution >= 4 is 11.8 Å². The number of ether oxygens (including phenoxy) is 1. The number of carbonyl (C=O) groups excluding carboxylic acids is 2. The quantitative estimate of drug-likeness (QED) is 0.875. The van der Waals surface area contributed by atoms with Gasteiger partial charge in [-0.15, -0.1) is 0 Å². The number of amides is 2. The van der Waals surface area contributed by atoms with Crippen molar-refractivity contribution in [1.82, 2.24) is 4.90 Å². The summed E-state index contributed by atoms with van der Waals surface area (Å²) in [6.07, 6.45) is 2.02. The Balaban J connectivity index is 1.76. The number of likely N-dealkylation sites (tertiary alicyclic amines) is 1. The number of hydrogen-bond donors (Lipinski definition) is 1. The highest BCUT2D eigenvalue weighted by Crippen LogP contribution is 2.38. The van der Waals surface area contributed by atoms with E-state index in [0.29, 0.717) is 11.1 Å². The van der Waals surface area contributed by atoms with Crippen molar-refractivity contribution in [3.63, 3.8) is 0 Å². The molecule has 1 unspecified atom stereocenters. The Morgan fingerprint density at radius 2 is 2.05 bits per heavy atom. The molecule has 1 aromatic rings. The second-order valence-electron chi connectivity index (χ2n) is 5.72. The molecule has 2 fully saturated rings. The number of nitrogens with two attached hydrogens (primary N) is 1. The van der Waals surface area contributed by atoms with Gasteiger partial charge in [-0.2, -0.15) is 0 Å². The van der Waals surface area contributed by atoms with Crippen LogP contribution in [0.5, 0.6) is 0 Å². The van der Waals surface area contributed by atoms with Crippen molar-refractivity contribution in [2.24, 2.45) is 11.1 Å². The first-order valence-corrected chi connectivity index (χ1v) is 6.87. The van der Waals surface area contributed by atoms with Crippen LogP contribution in [0, 0.1) is 5.41 Å². The summed E-state index contributed by atoms with van der Waals surface area (Å²) in [4.78, 5) is 25.5. The molecule has 1 aromatic carbocycles. The summed E-state index contributed by atoms with van der Waals surface area (Å²) in [5.41, 5.74) is 6.29. The third kappa shape index (κ3) is 2.29. The Bertz CT molecular complexity index is 550. The average molecular weight is 274 g/mol. The van der Waals surface area contributed by atoms with Gasteiger partial charge < -0.3 is 15.4 Å². The van der Waals surface area contributed by atoms with Gasteiger partial charge in [-0.25, -0.2) is 0 Å². The predicted octanol–water partition coefficient (Wildman–Crippen LogP) is 1.04. The van der Waals surface area contributed by atoms with Crippen molar-refractivity contribution in [3.8, 4) is 0 Å². The molecule has 5 nitrogen and oxygen atoms in total. The standard InChI is InChI=1S/C15H18N2O3/c16-13(18)11-2-1-3-12(8-11)14(19)17-6-4-15(9-17)5-7-20-10-15/h1-3,8H,4-7,9-10H2,(H2,16,18). The molecule has 1 spiro atoms. The number of primary amides is 1. The molecule has 2 heterocycles. The highest BCUT2D eigenvalue weighted by atomic mass is 16.5. The van der Waals surface area contributed by atoms with Crippen LogP contribution in [0.25, 0.3) is 0 Å². The number of benzene rings is 1. The van der Waals surface area contributed by atoms with Gasteiger partial charge in [-0.1, -0.05) is 6.07 Å². The van der Waals surface area contributed by atoms with Crippen LogP contribution in [-0.2, 0) is 4.74 Å². The van der Waals surface area contributed by atoms with Crippen molar-refractivity contribution in [3.05, 3.63) is 35.4 Å². The fraction of sp³-hybridized carbons (Fsp3) is 0.467. The summed E-state index contributed by atoms with van der Waals surface area (Å²) in [5, 5.41) is 0. The third-order valence-corrected chi connectivity index (χ3v) is 4.30. The molecule has 0 saturated carbocycles. The van der Waals surface area contributed by atoms with Gasteiger partial charge in [-0.3, -0.25) is 9.59 Å². The second-order valence-corrected chi connectivity index (χ2v) is 5.72. The summed E-state index contributed by atoms with van der Waals surface area (Å²) in [6, 6.07) is 6.61. The largest absolute Gasteiger partial charge is 0.381 e. The van der Waals surface area contributed by atoms with E-state index < -0.39 is 5.91 Å². The molecule has 3 rings (SSSR count). The van der Waals surface area contributed by atoms with E-state index >= 15 is 0 Å². The van der Waals surface area contributed by atoms with Gasteiger partial charge in [-0.05, 0) is 31.0 Å². The average Bonchev–Trinajstić information content (AvgIpc) is 3.09. The molecular formula is C15H18N2O3. The summed E-state index contributed by atoms with van der Waals surface area (Å²) >= 11 is 0. The van der Waals surface area contributed by atoms with E-state index in [2.05, 4.69) is 0 Å². The van der Waals surface area contributed by atoms with E-state index in [1.54, 1.807) is 24.3 Å². The Morgan fingerprint density at radius 1 is 1.25 bits per heavy atom. The normalized spacial score (nSPS) is 25.3. The van der Waals surface area contributed by atoms with Crippen LogP contribution in [0.15, 0.2) is 24.3 Å². The Morgan fingerprint density at radius 3 is 2.75 bits per heavy atom. The first-order chi connectivity index (χ1) is 9.60. The van der Waals surface area contributed by atoms with Crippen LogP contribution >= 0.6 is 0 Å². The van der Waals surface area contributed by atoms with Crippen molar-refractivity contribution in [2.75, 3.05) is 26.3 Å². The zero-order valence-corrected chi connectivity index (χ0v) is 11.3. The van der Waals surface area contributed by atoms with E-state index in [-0.39, 0.29) is 11.3 Å². The van der Waals surface area contributed by atoms with E-state index in [0.717, 1.165) is 39.1 Å². The molecule has 0 bridgehead atoms. The number of nitrogens with zero attached hydrogens (tertiary/aromatic N) is 1. The maximum absolute atomic E-state index is 12.5. The Labute approximate surface area is 117 Å². The molecule has 2 amide bonds. The van der Waals surface area contributed by atoms with Gasteiger partial charge in [0.2, 0.25) is 5.91 Å². The summed E-state index contributed by atoms with van der Waals surface area (Å²) in [6.45, 7) is 3.03. The zero-order chi connectivity index (χ0) is 14.2. The molecule has 2 aliphatic rings. The molecule has 0 radical (unpaired) electrons. The zero-order valence-electron chi connectivity index (χ0n) is 11.3. The molecule has 106 valence electrons. The fourth-order valence-corrected chi connectivity index (χ4v) is 3.07. The van der Waals surface area contributed by atoms with Crippen LogP contribution in [0.1, 0.15) is 33.6 Å². The first-order valence-electron chi connectivity index (χ1n) is 6.87. The highest BCUT2D eigenvalue weighted by molar-refractivity contribution is 5.99. The van der Waals surface area contributed by atoms with Gasteiger partial charge in [0.15, 0.2) is 0 Å². The third-order valence-electron chi connectivity index (χ3n) is 4.30. The molecule has 2 saturated heterocycles. The maximum Gasteiger partial charge on any atom is 0.253 e. The fourth-order valence-electron chi connectivity index (χ4n) is 3.07. The van der Waals surface area contributed by atoms with Crippen molar-refractivity contribution in [2.45, 2.75) is 12.8 Å². The minimum absolute atomic E-state index is 0.0307. The lowest BCUT2D eigenvalue weighted by Gasteiger charge is -2.22. The summed E-state index contributed by atoms with van der Waals surface area (Å²) in [5.74, 6) is -0.543. The predicted molar refractivity (Wildman–Crippen MR) is 73.3 cm³/mol. The SMILES string of the molecule is NC(=O)c1cccc(C(=O)N2CCC3(CCOC3)C2)c1. The molecule has 0 aliphatic carbocycles. The van der Waals surface area contributed by atoms with Gasteiger partial charge >= 0.3 is 0 Å². The Kier molecular flexibility index (Phi) is 3.22. The molecule has 5 heteroatoms. The van der Waals surface area contributed by atoms with Crippen LogP contribution in [0.3, 0.4) is 0 Å². The number of carbonyl (C=O) groups is 2. The second kappa shape index (κ2) is 4.90. The van der Waals surface area contributed by atoms with Gasteiger partial charge in [0.1, 0.15) is 0 Å². The molecule has 2 aliphatic heterocycles. The van der Waals surface area contributed by atoms with Gasteiger partial charge in [0.05, 0.1) is 6.61 Å². The molecule has 2 N–H and O–H groups in total. The van der Waals surface area contributed by atoms with Crippen LogP contribution < -0.4 is 5.73 Å². The van der Waals surface area contributed by atoms with E-state index in [1.165, 1.54) is 0 Å². The molecular weight excluding hydrogens is 256 g/mol. The lowest BCUT2D eigenvalue weighted by atomic mass is 9.87. The summed E-state index contributed by atoms with van der Waals surface area (Å²) < 4.78 is 5.47. The van der Waals surface area contributed by atoms with Crippen molar-refractivity contribution in [1.29, 1.82) is 0 Å². The van der Waals surface area contributed by atoms with Gasteiger partial charge in [0, 0.05) is 36.2 Å². The van der Waals surface area contributed by atoms with E-state index in [9.17, 15) is 9.59 Å². The highest BCUT2D eigenvalue weighted by Gasteiger charge is 2.42. The minimum atomic E-state index is -0.512. The monoisotopic (exact) mass is 274 g/mol. The van der Waals surface area contributed by atoms with Crippen LogP contribution in [-0.4, -0.2) is 43.0 Å². The Hall–Kier alpha value is -1.88. The van der Waals surface area contributed by atoms with E-state index in [4.69, 9.17) is 10.5 Å². The summed E-state index contributed by atoms with van der Waals surface area (Å²) in [7, 11) is 0.